The Hall–Kier alpha value is -6.88. The normalized spacial score (nSPS) is 12.3. The van der Waals surface area contributed by atoms with Gasteiger partial charge >= 0.3 is 17.9 Å². The molecule has 0 saturated heterocycles. The molecule has 0 spiro atoms. The van der Waals surface area contributed by atoms with Crippen LogP contribution in [0.15, 0.2) is 114 Å². The lowest BCUT2D eigenvalue weighted by molar-refractivity contribution is 0.0420. The van der Waals surface area contributed by atoms with Gasteiger partial charge in [-0.05, 0) is 87.0 Å². The standard InChI is InChI=1S/C44H39N3O8/c1-6-46(30-18-15-27(2)16-19-30)31-20-22-32(28(3)25-31)39(45-38-26-29(42(50)53-4)17-21-37(38)43(51)54-5)33-11-7-10-14-36(33)44(52)55-24-23-47-40(48)34-12-8-9-13-35(34)41(47)49/h7-22,25-26H,6,23-24H2,1-5H3. The molecule has 0 unspecified atom stereocenters. The van der Waals surface area contributed by atoms with Gasteiger partial charge in [0.05, 0.1) is 60.0 Å². The average molecular weight is 738 g/mol. The predicted molar refractivity (Wildman–Crippen MR) is 208 cm³/mol. The van der Waals surface area contributed by atoms with Crippen molar-refractivity contribution < 1.29 is 38.2 Å². The van der Waals surface area contributed by atoms with Crippen LogP contribution < -0.4 is 4.90 Å². The fraction of sp³-hybridized carbons (Fsp3) is 0.182. The van der Waals surface area contributed by atoms with Crippen LogP contribution in [0.4, 0.5) is 17.1 Å². The fourth-order valence-electron chi connectivity index (χ4n) is 6.48. The molecule has 0 fully saturated rings. The van der Waals surface area contributed by atoms with E-state index in [9.17, 15) is 24.0 Å². The first kappa shape index (κ1) is 37.9. The zero-order chi connectivity index (χ0) is 39.2. The lowest BCUT2D eigenvalue weighted by Gasteiger charge is -2.25. The number of amides is 2. The third kappa shape index (κ3) is 7.77. The number of fused-ring (bicyclic) bond motifs is 1. The first-order chi connectivity index (χ1) is 26.6. The van der Waals surface area contributed by atoms with E-state index >= 15 is 0 Å². The molecule has 11 nitrogen and oxygen atoms in total. The van der Waals surface area contributed by atoms with E-state index in [4.69, 9.17) is 19.2 Å². The Morgan fingerprint density at radius 2 is 1.25 bits per heavy atom. The molecule has 278 valence electrons. The molecule has 0 saturated carbocycles. The minimum absolute atomic E-state index is 0.0828. The van der Waals surface area contributed by atoms with E-state index in [0.717, 1.165) is 27.4 Å². The predicted octanol–water partition coefficient (Wildman–Crippen LogP) is 7.66. The summed E-state index contributed by atoms with van der Waals surface area (Å²) < 4.78 is 15.7. The molecule has 2 amide bonds. The molecule has 0 aliphatic carbocycles. The first-order valence-corrected chi connectivity index (χ1v) is 17.6. The van der Waals surface area contributed by atoms with Crippen LogP contribution in [0.5, 0.6) is 0 Å². The first-order valence-electron chi connectivity index (χ1n) is 17.6. The summed E-state index contributed by atoms with van der Waals surface area (Å²) in [5, 5.41) is 0. The van der Waals surface area contributed by atoms with Crippen molar-refractivity contribution in [3.05, 3.63) is 159 Å². The van der Waals surface area contributed by atoms with Crippen molar-refractivity contribution in [1.82, 2.24) is 4.90 Å². The highest BCUT2D eigenvalue weighted by molar-refractivity contribution is 6.21. The third-order valence-electron chi connectivity index (χ3n) is 9.32. The topological polar surface area (TPSA) is 132 Å². The van der Waals surface area contributed by atoms with E-state index in [1.807, 2.05) is 32.0 Å². The number of aliphatic imine (C=N–C) groups is 1. The van der Waals surface area contributed by atoms with Crippen LogP contribution in [0.3, 0.4) is 0 Å². The number of hydrogen-bond donors (Lipinski definition) is 0. The van der Waals surface area contributed by atoms with Gasteiger partial charge in [0.1, 0.15) is 6.61 Å². The van der Waals surface area contributed by atoms with E-state index in [1.54, 1.807) is 48.5 Å². The highest BCUT2D eigenvalue weighted by atomic mass is 16.5. The average Bonchev–Trinajstić information content (AvgIpc) is 3.45. The Morgan fingerprint density at radius 3 is 1.87 bits per heavy atom. The minimum atomic E-state index is -0.720. The summed E-state index contributed by atoms with van der Waals surface area (Å²) in [6.07, 6.45) is 0. The van der Waals surface area contributed by atoms with Crippen molar-refractivity contribution >= 4 is 52.5 Å². The summed E-state index contributed by atoms with van der Waals surface area (Å²) >= 11 is 0. The molecule has 0 aromatic heterocycles. The summed E-state index contributed by atoms with van der Waals surface area (Å²) in [6.45, 7) is 6.33. The number of aryl methyl sites for hydroxylation is 2. The Kier molecular flexibility index (Phi) is 11.3. The highest BCUT2D eigenvalue weighted by Gasteiger charge is 2.35. The number of imide groups is 1. The molecule has 1 aliphatic heterocycles. The smallest absolute Gasteiger partial charge is 0.340 e. The van der Waals surface area contributed by atoms with Crippen molar-refractivity contribution in [3.63, 3.8) is 0 Å². The molecular formula is C44H39N3O8. The lowest BCUT2D eigenvalue weighted by atomic mass is 9.93. The molecule has 0 radical (unpaired) electrons. The summed E-state index contributed by atoms with van der Waals surface area (Å²) in [5.74, 6) is -2.94. The molecule has 0 bridgehead atoms. The maximum absolute atomic E-state index is 13.9. The van der Waals surface area contributed by atoms with Crippen LogP contribution in [0.1, 0.15) is 81.0 Å². The van der Waals surface area contributed by atoms with Gasteiger partial charge in [-0.25, -0.2) is 19.4 Å². The summed E-state index contributed by atoms with van der Waals surface area (Å²) in [4.78, 5) is 73.5. The Balaban J connectivity index is 1.42. The molecule has 6 rings (SSSR count). The van der Waals surface area contributed by atoms with Crippen LogP contribution in [0.25, 0.3) is 0 Å². The number of rotatable bonds is 12. The molecule has 11 heteroatoms. The molecule has 55 heavy (non-hydrogen) atoms. The third-order valence-corrected chi connectivity index (χ3v) is 9.32. The van der Waals surface area contributed by atoms with Gasteiger partial charge in [0.2, 0.25) is 0 Å². The number of nitrogens with zero attached hydrogens (tertiary/aromatic N) is 3. The van der Waals surface area contributed by atoms with Gasteiger partial charge in [0, 0.05) is 29.0 Å². The van der Waals surface area contributed by atoms with Gasteiger partial charge < -0.3 is 19.1 Å². The van der Waals surface area contributed by atoms with Gasteiger partial charge in [-0.15, -0.1) is 0 Å². The number of anilines is 2. The molecular weight excluding hydrogens is 698 g/mol. The maximum Gasteiger partial charge on any atom is 0.340 e. The second-order valence-corrected chi connectivity index (χ2v) is 12.7. The van der Waals surface area contributed by atoms with E-state index in [0.29, 0.717) is 34.5 Å². The van der Waals surface area contributed by atoms with Crippen molar-refractivity contribution in [1.29, 1.82) is 0 Å². The molecule has 5 aromatic carbocycles. The molecule has 0 atom stereocenters. The number of carbonyl (C=O) groups is 5. The van der Waals surface area contributed by atoms with Crippen molar-refractivity contribution in [3.8, 4) is 0 Å². The van der Waals surface area contributed by atoms with Crippen LogP contribution in [0.2, 0.25) is 0 Å². The fourth-order valence-corrected chi connectivity index (χ4v) is 6.48. The number of benzene rings is 5. The second-order valence-electron chi connectivity index (χ2n) is 12.7. The largest absolute Gasteiger partial charge is 0.465 e. The minimum Gasteiger partial charge on any atom is -0.465 e. The Bertz CT molecular complexity index is 2310. The number of hydrogen-bond acceptors (Lipinski definition) is 10. The number of carbonyl (C=O) groups excluding carboxylic acids is 5. The maximum atomic E-state index is 13.9. The van der Waals surface area contributed by atoms with Crippen LogP contribution >= 0.6 is 0 Å². The SMILES string of the molecule is CCN(c1ccc(C)cc1)c1ccc(C(=Nc2cc(C(=O)OC)ccc2C(=O)OC)c2ccccc2C(=O)OCCN2C(=O)c3ccccc3C2=O)c(C)c1. The lowest BCUT2D eigenvalue weighted by Crippen LogP contribution is -2.33. The van der Waals surface area contributed by atoms with Gasteiger partial charge in [-0.3, -0.25) is 14.5 Å². The zero-order valence-electron chi connectivity index (χ0n) is 31.1. The number of ether oxygens (including phenoxy) is 3. The molecule has 0 N–H and O–H groups in total. The van der Waals surface area contributed by atoms with E-state index < -0.39 is 29.7 Å². The number of methoxy groups -OCH3 is 2. The second kappa shape index (κ2) is 16.4. The quantitative estimate of drug-likeness (QED) is 0.0548. The van der Waals surface area contributed by atoms with Gasteiger partial charge in [0.15, 0.2) is 0 Å². The van der Waals surface area contributed by atoms with Gasteiger partial charge in [-0.1, -0.05) is 54.1 Å². The highest BCUT2D eigenvalue weighted by Crippen LogP contribution is 2.32. The number of esters is 3. The van der Waals surface area contributed by atoms with Crippen molar-refractivity contribution in [2.24, 2.45) is 4.99 Å². The van der Waals surface area contributed by atoms with Crippen LogP contribution in [-0.2, 0) is 14.2 Å². The van der Waals surface area contributed by atoms with Gasteiger partial charge in [-0.2, -0.15) is 0 Å². The Morgan fingerprint density at radius 1 is 0.655 bits per heavy atom. The zero-order valence-corrected chi connectivity index (χ0v) is 31.1. The summed E-state index contributed by atoms with van der Waals surface area (Å²) in [6, 6.07) is 31.7. The van der Waals surface area contributed by atoms with E-state index in [1.165, 1.54) is 32.4 Å². The summed E-state index contributed by atoms with van der Waals surface area (Å²) in [7, 11) is 2.50. The molecule has 1 heterocycles. The van der Waals surface area contributed by atoms with E-state index in [2.05, 4.69) is 36.1 Å². The van der Waals surface area contributed by atoms with Crippen molar-refractivity contribution in [2.45, 2.75) is 20.8 Å². The van der Waals surface area contributed by atoms with Gasteiger partial charge in [0.25, 0.3) is 11.8 Å². The summed E-state index contributed by atoms with van der Waals surface area (Å²) in [5.41, 5.74) is 6.30. The molecule has 5 aromatic rings. The van der Waals surface area contributed by atoms with Crippen LogP contribution in [-0.4, -0.2) is 74.2 Å². The van der Waals surface area contributed by atoms with Crippen LogP contribution in [0, 0.1) is 13.8 Å². The monoisotopic (exact) mass is 737 g/mol. The Labute approximate surface area is 318 Å². The van der Waals surface area contributed by atoms with Crippen molar-refractivity contribution in [2.75, 3.05) is 38.8 Å². The molecule has 1 aliphatic rings. The van der Waals surface area contributed by atoms with E-state index in [-0.39, 0.29) is 35.5 Å².